The first-order chi connectivity index (χ1) is 6.99. The molecule has 0 amide bonds. The molecular weight excluding hydrogens is 340 g/mol. The molecule has 0 aliphatic heterocycles. The van der Waals surface area contributed by atoms with Crippen molar-refractivity contribution >= 4 is 37.8 Å². The SMILES string of the molecule is COC(=O)c1cnc(Br)c(C(F)F)c1Br. The van der Waals surface area contributed by atoms with Crippen LogP contribution in [0.5, 0.6) is 0 Å². The molecule has 0 fully saturated rings. The van der Waals surface area contributed by atoms with Crippen LogP contribution in [0.1, 0.15) is 22.3 Å². The molecule has 0 spiro atoms. The van der Waals surface area contributed by atoms with Gasteiger partial charge in [0.15, 0.2) is 0 Å². The van der Waals surface area contributed by atoms with Crippen molar-refractivity contribution in [2.75, 3.05) is 7.11 Å². The van der Waals surface area contributed by atoms with E-state index < -0.39 is 12.4 Å². The number of aromatic nitrogens is 1. The van der Waals surface area contributed by atoms with Gasteiger partial charge in [0, 0.05) is 10.7 Å². The largest absolute Gasteiger partial charge is 0.465 e. The van der Waals surface area contributed by atoms with E-state index in [4.69, 9.17) is 0 Å². The van der Waals surface area contributed by atoms with E-state index in [2.05, 4.69) is 41.6 Å². The fraction of sp³-hybridized carbons (Fsp3) is 0.250. The first kappa shape index (κ1) is 12.5. The smallest absolute Gasteiger partial charge is 0.340 e. The number of halogens is 4. The van der Waals surface area contributed by atoms with Gasteiger partial charge in [-0.3, -0.25) is 0 Å². The zero-order chi connectivity index (χ0) is 11.6. The van der Waals surface area contributed by atoms with Gasteiger partial charge < -0.3 is 4.74 Å². The number of alkyl halides is 2. The number of ether oxygens (including phenoxy) is 1. The summed E-state index contributed by atoms with van der Waals surface area (Å²) in [6.07, 6.45) is -1.57. The first-order valence-corrected chi connectivity index (χ1v) is 5.28. The minimum absolute atomic E-state index is 0.00275. The van der Waals surface area contributed by atoms with Gasteiger partial charge in [0.1, 0.15) is 4.60 Å². The van der Waals surface area contributed by atoms with Crippen LogP contribution in [0.4, 0.5) is 8.78 Å². The van der Waals surface area contributed by atoms with Crippen molar-refractivity contribution in [2.24, 2.45) is 0 Å². The van der Waals surface area contributed by atoms with Crippen molar-refractivity contribution in [1.82, 2.24) is 4.98 Å². The van der Waals surface area contributed by atoms with Gasteiger partial charge in [-0.05, 0) is 31.9 Å². The predicted octanol–water partition coefficient (Wildman–Crippen LogP) is 3.33. The maximum atomic E-state index is 12.6. The third kappa shape index (κ3) is 2.52. The van der Waals surface area contributed by atoms with Gasteiger partial charge >= 0.3 is 5.97 Å². The van der Waals surface area contributed by atoms with Crippen LogP contribution >= 0.6 is 31.9 Å². The lowest BCUT2D eigenvalue weighted by Gasteiger charge is -2.08. The fourth-order valence-electron chi connectivity index (χ4n) is 0.921. The summed E-state index contributed by atoms with van der Waals surface area (Å²) >= 11 is 5.80. The second kappa shape index (κ2) is 4.98. The minimum atomic E-state index is -2.73. The van der Waals surface area contributed by atoms with Crippen LogP contribution in [0, 0.1) is 0 Å². The Kier molecular flexibility index (Phi) is 4.15. The summed E-state index contributed by atoms with van der Waals surface area (Å²) in [5, 5.41) is 0. The molecule has 0 atom stereocenters. The van der Waals surface area contributed by atoms with Crippen LogP contribution < -0.4 is 0 Å². The summed E-state index contributed by atoms with van der Waals surface area (Å²) in [4.78, 5) is 14.8. The third-order valence-corrected chi connectivity index (χ3v) is 3.11. The lowest BCUT2D eigenvalue weighted by Crippen LogP contribution is -2.06. The molecule has 7 heteroatoms. The van der Waals surface area contributed by atoms with Gasteiger partial charge in [0.25, 0.3) is 6.43 Å². The van der Waals surface area contributed by atoms with E-state index in [-0.39, 0.29) is 20.2 Å². The number of hydrogen-bond donors (Lipinski definition) is 0. The van der Waals surface area contributed by atoms with E-state index in [0.29, 0.717) is 0 Å². The summed E-state index contributed by atoms with van der Waals surface area (Å²) in [6, 6.07) is 0. The molecule has 0 radical (unpaired) electrons. The summed E-state index contributed by atoms with van der Waals surface area (Å²) in [5.41, 5.74) is -0.395. The van der Waals surface area contributed by atoms with Crippen molar-refractivity contribution in [3.05, 3.63) is 26.4 Å². The topological polar surface area (TPSA) is 39.2 Å². The van der Waals surface area contributed by atoms with Crippen LogP contribution in [-0.2, 0) is 4.74 Å². The predicted molar refractivity (Wildman–Crippen MR) is 55.9 cm³/mol. The van der Waals surface area contributed by atoms with Crippen molar-refractivity contribution in [2.45, 2.75) is 6.43 Å². The lowest BCUT2D eigenvalue weighted by molar-refractivity contribution is 0.0598. The molecule has 3 nitrogen and oxygen atoms in total. The summed E-state index contributed by atoms with van der Waals surface area (Å²) in [6.45, 7) is 0. The maximum absolute atomic E-state index is 12.6. The van der Waals surface area contributed by atoms with Gasteiger partial charge in [-0.25, -0.2) is 18.6 Å². The number of methoxy groups -OCH3 is 1. The van der Waals surface area contributed by atoms with Crippen LogP contribution in [0.3, 0.4) is 0 Å². The average molecular weight is 345 g/mol. The van der Waals surface area contributed by atoms with E-state index in [1.54, 1.807) is 0 Å². The Bertz CT molecular complexity index is 398. The Morgan fingerprint density at radius 1 is 1.53 bits per heavy atom. The zero-order valence-electron chi connectivity index (χ0n) is 7.43. The highest BCUT2D eigenvalue weighted by Crippen LogP contribution is 2.34. The second-order valence-corrected chi connectivity index (χ2v) is 4.03. The Morgan fingerprint density at radius 3 is 2.60 bits per heavy atom. The third-order valence-electron chi connectivity index (χ3n) is 1.63. The maximum Gasteiger partial charge on any atom is 0.340 e. The van der Waals surface area contributed by atoms with E-state index in [1.807, 2.05) is 0 Å². The monoisotopic (exact) mass is 343 g/mol. The van der Waals surface area contributed by atoms with E-state index in [0.717, 1.165) is 6.20 Å². The standard InChI is InChI=1S/C8H5Br2F2NO2/c1-15-8(14)3-2-13-6(10)4(5(3)9)7(11)12/h2,7H,1H3. The normalized spacial score (nSPS) is 10.5. The van der Waals surface area contributed by atoms with Crippen LogP contribution in [0.15, 0.2) is 15.3 Å². The molecule has 15 heavy (non-hydrogen) atoms. The Balaban J connectivity index is 3.35. The molecule has 0 saturated carbocycles. The number of hydrogen-bond acceptors (Lipinski definition) is 3. The number of carbonyl (C=O) groups excluding carboxylic acids is 1. The van der Waals surface area contributed by atoms with E-state index in [9.17, 15) is 13.6 Å². The minimum Gasteiger partial charge on any atom is -0.465 e. The van der Waals surface area contributed by atoms with Gasteiger partial charge in [0.05, 0.1) is 18.2 Å². The fourth-order valence-corrected chi connectivity index (χ4v) is 2.29. The highest BCUT2D eigenvalue weighted by molar-refractivity contribution is 9.11. The number of pyridine rings is 1. The molecular formula is C8H5Br2F2NO2. The molecule has 0 aromatic carbocycles. The molecule has 0 bridgehead atoms. The van der Waals surface area contributed by atoms with Crippen LogP contribution in [-0.4, -0.2) is 18.1 Å². The Morgan fingerprint density at radius 2 is 2.13 bits per heavy atom. The molecule has 0 saturated heterocycles. The molecule has 0 unspecified atom stereocenters. The highest BCUT2D eigenvalue weighted by atomic mass is 79.9. The van der Waals surface area contributed by atoms with Crippen molar-refractivity contribution in [1.29, 1.82) is 0 Å². The van der Waals surface area contributed by atoms with E-state index >= 15 is 0 Å². The molecule has 1 rings (SSSR count). The van der Waals surface area contributed by atoms with E-state index in [1.165, 1.54) is 7.11 Å². The Hall–Kier alpha value is -0.560. The average Bonchev–Trinajstić information content (AvgIpc) is 2.16. The lowest BCUT2D eigenvalue weighted by atomic mass is 10.2. The molecule has 0 aliphatic carbocycles. The van der Waals surface area contributed by atoms with Gasteiger partial charge in [-0.1, -0.05) is 0 Å². The number of rotatable bonds is 2. The Labute approximate surface area is 101 Å². The van der Waals surface area contributed by atoms with Crippen molar-refractivity contribution in [3.8, 4) is 0 Å². The molecule has 1 heterocycles. The molecule has 0 N–H and O–H groups in total. The molecule has 1 aromatic heterocycles. The summed E-state index contributed by atoms with van der Waals surface area (Å²) < 4.78 is 29.6. The summed E-state index contributed by atoms with van der Waals surface area (Å²) in [5.74, 6) is -0.719. The highest BCUT2D eigenvalue weighted by Gasteiger charge is 2.22. The molecule has 82 valence electrons. The van der Waals surface area contributed by atoms with Gasteiger partial charge in [-0.15, -0.1) is 0 Å². The number of esters is 1. The zero-order valence-corrected chi connectivity index (χ0v) is 10.6. The summed E-state index contributed by atoms with van der Waals surface area (Å²) in [7, 11) is 1.17. The quantitative estimate of drug-likeness (QED) is 0.610. The molecule has 0 aliphatic rings. The number of nitrogens with zero attached hydrogens (tertiary/aromatic N) is 1. The van der Waals surface area contributed by atoms with Crippen LogP contribution in [0.2, 0.25) is 0 Å². The first-order valence-electron chi connectivity index (χ1n) is 3.69. The second-order valence-electron chi connectivity index (χ2n) is 2.48. The van der Waals surface area contributed by atoms with Crippen LogP contribution in [0.25, 0.3) is 0 Å². The molecule has 1 aromatic rings. The van der Waals surface area contributed by atoms with Gasteiger partial charge in [-0.2, -0.15) is 0 Å². The van der Waals surface area contributed by atoms with Crippen molar-refractivity contribution in [3.63, 3.8) is 0 Å². The van der Waals surface area contributed by atoms with Gasteiger partial charge in [0.2, 0.25) is 0 Å². The number of carbonyl (C=O) groups is 1. The van der Waals surface area contributed by atoms with Crippen molar-refractivity contribution < 1.29 is 18.3 Å².